The monoisotopic (exact) mass is 390 g/mol. The lowest BCUT2D eigenvalue weighted by atomic mass is 10.1. The van der Waals surface area contributed by atoms with Gasteiger partial charge in [0.15, 0.2) is 5.65 Å². The zero-order valence-corrected chi connectivity index (χ0v) is 15.8. The summed E-state index contributed by atoms with van der Waals surface area (Å²) in [6, 6.07) is 13.7. The standard InChI is InChI=1S/C21H19FN6O/c1-2-14-5-3-4-6-18(14)27-19(29)12-23-20-17-11-26-28(21(17)25-13-24-20)16-9-7-15(22)8-10-16/h3-11,13H,2,12H2,1H3,(H,27,29)(H,23,24,25). The Labute approximate surface area is 166 Å². The molecule has 0 aliphatic rings. The van der Waals surface area contributed by atoms with E-state index in [1.54, 1.807) is 23.0 Å². The molecular weight excluding hydrogens is 371 g/mol. The first-order chi connectivity index (χ1) is 14.2. The largest absolute Gasteiger partial charge is 0.360 e. The molecule has 7 nitrogen and oxygen atoms in total. The molecule has 2 aromatic carbocycles. The number of aryl methyl sites for hydroxylation is 1. The van der Waals surface area contributed by atoms with Crippen LogP contribution in [0.1, 0.15) is 12.5 Å². The number of anilines is 2. The first-order valence-electron chi connectivity index (χ1n) is 9.22. The summed E-state index contributed by atoms with van der Waals surface area (Å²) in [7, 11) is 0. The molecule has 4 aromatic rings. The molecule has 0 aliphatic carbocycles. The van der Waals surface area contributed by atoms with E-state index in [4.69, 9.17) is 0 Å². The molecule has 2 heterocycles. The van der Waals surface area contributed by atoms with Crippen molar-refractivity contribution in [1.82, 2.24) is 19.7 Å². The Hall–Kier alpha value is -3.81. The van der Waals surface area contributed by atoms with Gasteiger partial charge < -0.3 is 10.6 Å². The van der Waals surface area contributed by atoms with Gasteiger partial charge in [0.05, 0.1) is 23.8 Å². The van der Waals surface area contributed by atoms with E-state index in [0.717, 1.165) is 17.7 Å². The highest BCUT2D eigenvalue weighted by Gasteiger charge is 2.12. The SMILES string of the molecule is CCc1ccccc1NC(=O)CNc1ncnc2c1cnn2-c1ccc(F)cc1. The van der Waals surface area contributed by atoms with Crippen LogP contribution in [0.5, 0.6) is 0 Å². The number of para-hydroxylation sites is 1. The van der Waals surface area contributed by atoms with Crippen LogP contribution in [0.3, 0.4) is 0 Å². The summed E-state index contributed by atoms with van der Waals surface area (Å²) in [5.74, 6) is 0.00345. The highest BCUT2D eigenvalue weighted by Crippen LogP contribution is 2.22. The second-order valence-electron chi connectivity index (χ2n) is 6.40. The summed E-state index contributed by atoms with van der Waals surface area (Å²) in [5, 5.41) is 10.9. The van der Waals surface area contributed by atoms with Gasteiger partial charge in [-0.15, -0.1) is 0 Å². The fourth-order valence-electron chi connectivity index (χ4n) is 3.07. The van der Waals surface area contributed by atoms with Crippen molar-refractivity contribution >= 4 is 28.4 Å². The molecule has 8 heteroatoms. The molecule has 2 aromatic heterocycles. The van der Waals surface area contributed by atoms with Crippen LogP contribution in [0.2, 0.25) is 0 Å². The molecular formula is C21H19FN6O. The molecule has 0 unspecified atom stereocenters. The molecule has 0 saturated carbocycles. The van der Waals surface area contributed by atoms with Crippen LogP contribution in [-0.2, 0) is 11.2 Å². The highest BCUT2D eigenvalue weighted by atomic mass is 19.1. The van der Waals surface area contributed by atoms with E-state index >= 15 is 0 Å². The third-order valence-corrected chi connectivity index (χ3v) is 4.53. The van der Waals surface area contributed by atoms with Gasteiger partial charge in [-0.1, -0.05) is 25.1 Å². The Kier molecular flexibility index (Phi) is 5.15. The van der Waals surface area contributed by atoms with Gasteiger partial charge in [-0.05, 0) is 42.3 Å². The van der Waals surface area contributed by atoms with Crippen molar-refractivity contribution in [2.45, 2.75) is 13.3 Å². The van der Waals surface area contributed by atoms with Gasteiger partial charge in [0, 0.05) is 5.69 Å². The second kappa shape index (κ2) is 8.05. The number of hydrogen-bond donors (Lipinski definition) is 2. The van der Waals surface area contributed by atoms with Crippen LogP contribution < -0.4 is 10.6 Å². The Bertz CT molecular complexity index is 1160. The number of benzene rings is 2. The average molecular weight is 390 g/mol. The van der Waals surface area contributed by atoms with Crippen LogP contribution in [0.25, 0.3) is 16.7 Å². The Morgan fingerprint density at radius 2 is 1.90 bits per heavy atom. The predicted molar refractivity (Wildman–Crippen MR) is 110 cm³/mol. The van der Waals surface area contributed by atoms with Gasteiger partial charge in [-0.3, -0.25) is 4.79 Å². The number of carbonyl (C=O) groups is 1. The van der Waals surface area contributed by atoms with Gasteiger partial charge in [-0.25, -0.2) is 19.0 Å². The number of halogens is 1. The van der Waals surface area contributed by atoms with E-state index < -0.39 is 0 Å². The Balaban J connectivity index is 1.51. The summed E-state index contributed by atoms with van der Waals surface area (Å²) in [6.07, 6.45) is 3.85. The van der Waals surface area contributed by atoms with Crippen molar-refractivity contribution in [3.05, 3.63) is 72.4 Å². The fraction of sp³-hybridized carbons (Fsp3) is 0.143. The molecule has 0 spiro atoms. The Morgan fingerprint density at radius 3 is 2.69 bits per heavy atom. The number of amides is 1. The Morgan fingerprint density at radius 1 is 1.10 bits per heavy atom. The first-order valence-corrected chi connectivity index (χ1v) is 9.22. The number of aromatic nitrogens is 4. The van der Waals surface area contributed by atoms with E-state index in [2.05, 4.69) is 25.7 Å². The van der Waals surface area contributed by atoms with E-state index in [-0.39, 0.29) is 18.3 Å². The minimum absolute atomic E-state index is 0.0475. The van der Waals surface area contributed by atoms with E-state index in [0.29, 0.717) is 22.5 Å². The van der Waals surface area contributed by atoms with Crippen molar-refractivity contribution in [2.75, 3.05) is 17.2 Å². The molecule has 0 aliphatic heterocycles. The van der Waals surface area contributed by atoms with E-state index in [1.807, 2.05) is 31.2 Å². The average Bonchev–Trinajstić information content (AvgIpc) is 3.18. The smallest absolute Gasteiger partial charge is 0.243 e. The maximum atomic E-state index is 13.2. The van der Waals surface area contributed by atoms with Gasteiger partial charge in [-0.2, -0.15) is 5.10 Å². The number of hydrogen-bond acceptors (Lipinski definition) is 5. The lowest BCUT2D eigenvalue weighted by molar-refractivity contribution is -0.114. The molecule has 146 valence electrons. The topological polar surface area (TPSA) is 84.7 Å². The minimum atomic E-state index is -0.321. The molecule has 0 fully saturated rings. The first kappa shape index (κ1) is 18.5. The van der Waals surface area contributed by atoms with Gasteiger partial charge in [0.1, 0.15) is 18.0 Å². The van der Waals surface area contributed by atoms with E-state index in [9.17, 15) is 9.18 Å². The maximum absolute atomic E-state index is 13.2. The van der Waals surface area contributed by atoms with Crippen LogP contribution in [0, 0.1) is 5.82 Å². The molecule has 4 rings (SSSR count). The lowest BCUT2D eigenvalue weighted by Crippen LogP contribution is -2.22. The lowest BCUT2D eigenvalue weighted by Gasteiger charge is -2.11. The quantitative estimate of drug-likeness (QED) is 0.526. The summed E-state index contributed by atoms with van der Waals surface area (Å²) >= 11 is 0. The number of carbonyl (C=O) groups excluding carboxylic acids is 1. The molecule has 0 radical (unpaired) electrons. The number of rotatable bonds is 6. The third-order valence-electron chi connectivity index (χ3n) is 4.53. The number of nitrogens with zero attached hydrogens (tertiary/aromatic N) is 4. The highest BCUT2D eigenvalue weighted by molar-refractivity contribution is 5.96. The summed E-state index contributed by atoms with van der Waals surface area (Å²) in [4.78, 5) is 20.9. The molecule has 1 amide bonds. The van der Waals surface area contributed by atoms with Crippen molar-refractivity contribution < 1.29 is 9.18 Å². The van der Waals surface area contributed by atoms with Gasteiger partial charge in [0.25, 0.3) is 0 Å². The van der Waals surface area contributed by atoms with Gasteiger partial charge >= 0.3 is 0 Å². The van der Waals surface area contributed by atoms with Crippen LogP contribution in [0.4, 0.5) is 15.9 Å². The van der Waals surface area contributed by atoms with E-state index in [1.165, 1.54) is 18.5 Å². The van der Waals surface area contributed by atoms with Crippen molar-refractivity contribution in [2.24, 2.45) is 0 Å². The normalized spacial score (nSPS) is 10.8. The van der Waals surface area contributed by atoms with Crippen molar-refractivity contribution in [3.8, 4) is 5.69 Å². The fourth-order valence-corrected chi connectivity index (χ4v) is 3.07. The molecule has 2 N–H and O–H groups in total. The second-order valence-corrected chi connectivity index (χ2v) is 6.40. The van der Waals surface area contributed by atoms with Crippen molar-refractivity contribution in [1.29, 1.82) is 0 Å². The number of nitrogens with one attached hydrogen (secondary N) is 2. The molecule has 0 atom stereocenters. The zero-order chi connectivity index (χ0) is 20.2. The maximum Gasteiger partial charge on any atom is 0.243 e. The third kappa shape index (κ3) is 3.91. The van der Waals surface area contributed by atoms with Crippen LogP contribution in [0.15, 0.2) is 61.1 Å². The predicted octanol–water partition coefficient (Wildman–Crippen LogP) is 3.57. The van der Waals surface area contributed by atoms with Crippen LogP contribution in [-0.4, -0.2) is 32.2 Å². The molecule has 0 bridgehead atoms. The molecule has 0 saturated heterocycles. The van der Waals surface area contributed by atoms with Crippen LogP contribution >= 0.6 is 0 Å². The van der Waals surface area contributed by atoms with Gasteiger partial charge in [0.2, 0.25) is 5.91 Å². The summed E-state index contributed by atoms with van der Waals surface area (Å²) in [5.41, 5.74) is 3.12. The summed E-state index contributed by atoms with van der Waals surface area (Å²) in [6.45, 7) is 2.09. The molecule has 29 heavy (non-hydrogen) atoms. The number of fused-ring (bicyclic) bond motifs is 1. The van der Waals surface area contributed by atoms with Crippen molar-refractivity contribution in [3.63, 3.8) is 0 Å². The zero-order valence-electron chi connectivity index (χ0n) is 15.8. The summed E-state index contributed by atoms with van der Waals surface area (Å²) < 4.78 is 14.8. The minimum Gasteiger partial charge on any atom is -0.360 e.